The van der Waals surface area contributed by atoms with Crippen molar-refractivity contribution in [2.24, 2.45) is 44.7 Å². The van der Waals surface area contributed by atoms with Crippen molar-refractivity contribution in [1.29, 1.82) is 0 Å². The van der Waals surface area contributed by atoms with Gasteiger partial charge in [-0.1, -0.05) is 27.7 Å². The second-order valence-electron chi connectivity index (χ2n) is 11.4. The molecule has 32 heavy (non-hydrogen) atoms. The molecule has 0 aromatic carbocycles. The van der Waals surface area contributed by atoms with Crippen LogP contribution in [0.3, 0.4) is 0 Å². The predicted octanol–water partition coefficient (Wildman–Crippen LogP) is 5.59. The summed E-state index contributed by atoms with van der Waals surface area (Å²) in [5, 5.41) is 9.07. The zero-order valence-electron chi connectivity index (χ0n) is 20.9. The molecule has 0 aromatic rings. The molecule has 6 heteroatoms. The zero-order chi connectivity index (χ0) is 23.5. The molecule has 1 heterocycles. The molecule has 2 fully saturated rings. The van der Waals surface area contributed by atoms with Crippen LogP contribution >= 0.6 is 0 Å². The van der Waals surface area contributed by atoms with Gasteiger partial charge in [-0.05, 0) is 86.9 Å². The van der Waals surface area contributed by atoms with Crippen LogP contribution in [0.4, 0.5) is 0 Å². The Hall–Kier alpha value is -1.72. The van der Waals surface area contributed by atoms with Crippen LogP contribution in [0, 0.1) is 34.5 Å². The molecule has 2 aliphatic carbocycles. The molecule has 0 N–H and O–H groups in total. The highest BCUT2D eigenvalue weighted by Gasteiger charge is 2.57. The van der Waals surface area contributed by atoms with E-state index in [1.807, 2.05) is 0 Å². The van der Waals surface area contributed by atoms with Gasteiger partial charge in [0.2, 0.25) is 0 Å². The van der Waals surface area contributed by atoms with E-state index >= 15 is 0 Å². The maximum absolute atomic E-state index is 12.0. The predicted molar refractivity (Wildman–Crippen MR) is 127 cm³/mol. The first-order valence-corrected chi connectivity index (χ1v) is 12.4. The number of fused-ring (bicyclic) bond motifs is 2. The minimum atomic E-state index is -0.167. The quantitative estimate of drug-likeness (QED) is 0.455. The Morgan fingerprint density at radius 2 is 1.06 bits per heavy atom. The Bertz CT molecular complexity index is 704. The summed E-state index contributed by atoms with van der Waals surface area (Å²) >= 11 is 0. The Kier molecular flexibility index (Phi) is 7.82. The average molecular weight is 447 g/mol. The highest BCUT2D eigenvalue weighted by molar-refractivity contribution is 5.86. The Balaban J connectivity index is 1.62. The van der Waals surface area contributed by atoms with Gasteiger partial charge in [0.05, 0.1) is 13.2 Å². The van der Waals surface area contributed by atoms with Gasteiger partial charge in [-0.3, -0.25) is 9.59 Å². The summed E-state index contributed by atoms with van der Waals surface area (Å²) in [6.07, 6.45) is 5.75. The third kappa shape index (κ3) is 6.20. The van der Waals surface area contributed by atoms with E-state index in [2.05, 4.69) is 51.7 Å². The van der Waals surface area contributed by atoms with Crippen LogP contribution in [0.25, 0.3) is 0 Å². The topological polar surface area (TPSA) is 77.3 Å². The molecule has 0 radical (unpaired) electrons. The third-order valence-electron chi connectivity index (χ3n) is 8.39. The Morgan fingerprint density at radius 1 is 0.688 bits per heavy atom. The largest absolute Gasteiger partial charge is 0.466 e. The average Bonchev–Trinajstić information content (AvgIpc) is 3.44. The van der Waals surface area contributed by atoms with Gasteiger partial charge in [-0.15, -0.1) is 0 Å². The van der Waals surface area contributed by atoms with Gasteiger partial charge in [-0.2, -0.15) is 10.2 Å². The monoisotopic (exact) mass is 446 g/mol. The summed E-state index contributed by atoms with van der Waals surface area (Å²) in [7, 11) is 0. The Labute approximate surface area is 193 Å². The van der Waals surface area contributed by atoms with E-state index in [1.54, 1.807) is 0 Å². The van der Waals surface area contributed by atoms with E-state index in [0.717, 1.165) is 37.1 Å². The zero-order valence-corrected chi connectivity index (χ0v) is 20.9. The molecule has 3 aliphatic rings. The molecule has 180 valence electrons. The number of cyclic esters (lactones) is 2. The van der Waals surface area contributed by atoms with Gasteiger partial charge in [0, 0.05) is 24.3 Å². The van der Waals surface area contributed by atoms with Gasteiger partial charge in [-0.25, -0.2) is 0 Å². The Morgan fingerprint density at radius 3 is 1.44 bits per heavy atom. The first kappa shape index (κ1) is 24.9. The van der Waals surface area contributed by atoms with Crippen molar-refractivity contribution in [3.05, 3.63) is 0 Å². The van der Waals surface area contributed by atoms with Crippen molar-refractivity contribution in [3.63, 3.8) is 0 Å². The number of esters is 2. The molecule has 0 amide bonds. The molecule has 4 atom stereocenters. The lowest BCUT2D eigenvalue weighted by atomic mass is 10.1. The van der Waals surface area contributed by atoms with Crippen molar-refractivity contribution < 1.29 is 19.1 Å². The lowest BCUT2D eigenvalue weighted by Gasteiger charge is -2.07. The summed E-state index contributed by atoms with van der Waals surface area (Å²) in [5.41, 5.74) is 2.65. The molecule has 6 nitrogen and oxygen atoms in total. The normalized spacial score (nSPS) is 37.4. The number of carbonyl (C=O) groups is 2. The van der Waals surface area contributed by atoms with Crippen LogP contribution in [-0.4, -0.2) is 36.6 Å². The smallest absolute Gasteiger partial charge is 0.305 e. The van der Waals surface area contributed by atoms with E-state index in [0.29, 0.717) is 62.6 Å². The highest BCUT2D eigenvalue weighted by Crippen LogP contribution is 2.62. The van der Waals surface area contributed by atoms with Crippen molar-refractivity contribution >= 4 is 23.4 Å². The maximum atomic E-state index is 12.0. The van der Waals surface area contributed by atoms with Crippen molar-refractivity contribution in [2.45, 2.75) is 92.9 Å². The van der Waals surface area contributed by atoms with Crippen LogP contribution in [-0.2, 0) is 19.1 Å². The van der Waals surface area contributed by atoms with Gasteiger partial charge >= 0.3 is 11.9 Å². The molecule has 0 saturated heterocycles. The third-order valence-corrected chi connectivity index (χ3v) is 8.39. The highest BCUT2D eigenvalue weighted by atomic mass is 16.5. The van der Waals surface area contributed by atoms with E-state index in [9.17, 15) is 9.59 Å². The van der Waals surface area contributed by atoms with Crippen molar-refractivity contribution in [3.8, 4) is 0 Å². The van der Waals surface area contributed by atoms with Crippen LogP contribution in [0.2, 0.25) is 0 Å². The molecule has 0 aromatic heterocycles. The van der Waals surface area contributed by atoms with Crippen molar-refractivity contribution in [2.75, 3.05) is 13.2 Å². The fraction of sp³-hybridized carbons (Fsp3) is 0.846. The number of hydrogen-bond donors (Lipinski definition) is 0. The standard InChI is InChI=1S/C26H42N2O4/c1-17-15-21-19(25(21,3)4)11-13-31-23(29)9-7-8-10-24(30)32-14-12-20-22(26(20,5)6)16-18(2)28-27-17/h19-22H,7-16H2,1-6H3/b27-17-,28-18-/t19-,20-,21+,22+/m0/s1. The number of hydrogen-bond acceptors (Lipinski definition) is 6. The lowest BCUT2D eigenvalue weighted by Crippen LogP contribution is -2.09. The minimum Gasteiger partial charge on any atom is -0.466 e. The van der Waals surface area contributed by atoms with Gasteiger partial charge in [0.15, 0.2) is 0 Å². The van der Waals surface area contributed by atoms with Gasteiger partial charge in [0.25, 0.3) is 0 Å². The number of carbonyl (C=O) groups excluding carboxylic acids is 2. The molecule has 0 spiro atoms. The first-order chi connectivity index (χ1) is 15.0. The molecular formula is C26H42N2O4. The van der Waals surface area contributed by atoms with E-state index < -0.39 is 0 Å². The SMILES string of the molecule is C/C1=N/N=C(/C)C[C@@H]2[C@H](CCOC(=O)CCCCC(=O)OCC[C@H]3[C@@H](C1)C3(C)C)C2(C)C. The fourth-order valence-corrected chi connectivity index (χ4v) is 5.84. The summed E-state index contributed by atoms with van der Waals surface area (Å²) in [6.45, 7) is 14.2. The fourth-order valence-electron chi connectivity index (χ4n) is 5.84. The van der Waals surface area contributed by atoms with Crippen LogP contribution in [0.1, 0.15) is 92.9 Å². The molecule has 2 saturated carbocycles. The minimum absolute atomic E-state index is 0.167. The second-order valence-corrected chi connectivity index (χ2v) is 11.4. The van der Waals surface area contributed by atoms with E-state index in [-0.39, 0.29) is 22.8 Å². The summed E-state index contributed by atoms with van der Waals surface area (Å²) in [4.78, 5) is 24.0. The van der Waals surface area contributed by atoms with E-state index in [1.165, 1.54) is 0 Å². The second kappa shape index (κ2) is 10.0. The number of nitrogens with zero attached hydrogens (tertiary/aromatic N) is 2. The van der Waals surface area contributed by atoms with Gasteiger partial charge < -0.3 is 9.47 Å². The summed E-state index contributed by atoms with van der Waals surface area (Å²) in [5.74, 6) is 1.89. The number of ether oxygens (including phenoxy) is 2. The molecule has 0 bridgehead atoms. The first-order valence-electron chi connectivity index (χ1n) is 12.4. The maximum Gasteiger partial charge on any atom is 0.305 e. The molecular weight excluding hydrogens is 404 g/mol. The van der Waals surface area contributed by atoms with Crippen LogP contribution < -0.4 is 0 Å². The van der Waals surface area contributed by atoms with Gasteiger partial charge in [0.1, 0.15) is 0 Å². The van der Waals surface area contributed by atoms with Crippen molar-refractivity contribution in [1.82, 2.24) is 0 Å². The molecule has 3 rings (SSSR count). The lowest BCUT2D eigenvalue weighted by molar-refractivity contribution is -0.146. The summed E-state index contributed by atoms with van der Waals surface area (Å²) < 4.78 is 10.9. The van der Waals surface area contributed by atoms with Crippen LogP contribution in [0.15, 0.2) is 10.2 Å². The number of rotatable bonds is 0. The van der Waals surface area contributed by atoms with Crippen LogP contribution in [0.5, 0.6) is 0 Å². The van der Waals surface area contributed by atoms with E-state index in [4.69, 9.17) is 9.47 Å². The summed E-state index contributed by atoms with van der Waals surface area (Å²) in [6, 6.07) is 0. The molecule has 1 aliphatic heterocycles. The molecule has 0 unspecified atom stereocenters.